The highest BCUT2D eigenvalue weighted by Crippen LogP contribution is 2.28. The van der Waals surface area contributed by atoms with Crippen molar-refractivity contribution in [1.82, 2.24) is 0 Å². The third-order valence-electron chi connectivity index (χ3n) is 2.73. The summed E-state index contributed by atoms with van der Waals surface area (Å²) < 4.78 is 11.3. The predicted octanol–water partition coefficient (Wildman–Crippen LogP) is 4.35. The third kappa shape index (κ3) is 4.23. The molecule has 0 fully saturated rings. The molecule has 0 aliphatic heterocycles. The van der Waals surface area contributed by atoms with Crippen LogP contribution in [0.15, 0.2) is 46.9 Å². The van der Waals surface area contributed by atoms with Crippen molar-refractivity contribution in [3.8, 4) is 17.6 Å². The van der Waals surface area contributed by atoms with E-state index < -0.39 is 12.1 Å². The van der Waals surface area contributed by atoms with Crippen LogP contribution in [0.2, 0.25) is 5.02 Å². The molecule has 0 N–H and O–H groups in total. The maximum absolute atomic E-state index is 12.0. The van der Waals surface area contributed by atoms with Crippen LogP contribution in [-0.4, -0.2) is 12.1 Å². The van der Waals surface area contributed by atoms with Gasteiger partial charge >= 0.3 is 5.97 Å². The molecule has 0 aliphatic rings. The van der Waals surface area contributed by atoms with Crippen LogP contribution in [0, 0.1) is 11.3 Å². The second-order valence-corrected chi connectivity index (χ2v) is 5.68. The van der Waals surface area contributed by atoms with Crippen molar-refractivity contribution in [2.75, 3.05) is 0 Å². The number of rotatable bonds is 4. The van der Waals surface area contributed by atoms with Gasteiger partial charge in [-0.25, -0.2) is 4.79 Å². The lowest BCUT2D eigenvalue weighted by molar-refractivity contribution is -0.141. The van der Waals surface area contributed by atoms with Crippen molar-refractivity contribution in [2.45, 2.75) is 13.0 Å². The monoisotopic (exact) mass is 379 g/mol. The minimum atomic E-state index is -0.796. The van der Waals surface area contributed by atoms with E-state index in [4.69, 9.17) is 26.3 Å². The standard InChI is InChI=1S/C16H11BrClNO3/c1-10(21-13-5-2-11(9-19)3-6-13)16(20)22-15-7-4-12(18)8-14(15)17/h2-8,10H,1H3. The summed E-state index contributed by atoms with van der Waals surface area (Å²) in [5, 5.41) is 9.27. The second-order valence-electron chi connectivity index (χ2n) is 4.39. The minimum Gasteiger partial charge on any atom is -0.479 e. The zero-order valence-corrected chi connectivity index (χ0v) is 13.9. The molecule has 0 spiro atoms. The van der Waals surface area contributed by atoms with E-state index in [2.05, 4.69) is 15.9 Å². The maximum Gasteiger partial charge on any atom is 0.352 e. The number of esters is 1. The highest BCUT2D eigenvalue weighted by atomic mass is 79.9. The summed E-state index contributed by atoms with van der Waals surface area (Å²) in [5.41, 5.74) is 0.521. The fourth-order valence-corrected chi connectivity index (χ4v) is 2.37. The number of carbonyl (C=O) groups is 1. The van der Waals surface area contributed by atoms with Gasteiger partial charge in [-0.1, -0.05) is 11.6 Å². The number of nitrogens with zero attached hydrogens (tertiary/aromatic N) is 1. The van der Waals surface area contributed by atoms with Crippen molar-refractivity contribution >= 4 is 33.5 Å². The third-order valence-corrected chi connectivity index (χ3v) is 3.59. The number of hydrogen-bond acceptors (Lipinski definition) is 4. The predicted molar refractivity (Wildman–Crippen MR) is 86.0 cm³/mol. The van der Waals surface area contributed by atoms with Gasteiger partial charge in [0.25, 0.3) is 0 Å². The Kier molecular flexibility index (Phi) is 5.42. The van der Waals surface area contributed by atoms with Crippen molar-refractivity contribution < 1.29 is 14.3 Å². The zero-order valence-electron chi connectivity index (χ0n) is 11.5. The lowest BCUT2D eigenvalue weighted by Gasteiger charge is -2.14. The van der Waals surface area contributed by atoms with Gasteiger partial charge in [-0.2, -0.15) is 5.26 Å². The number of ether oxygens (including phenoxy) is 2. The Morgan fingerprint density at radius 1 is 1.27 bits per heavy atom. The molecule has 0 amide bonds. The Morgan fingerprint density at radius 2 is 1.95 bits per heavy atom. The van der Waals surface area contributed by atoms with E-state index in [9.17, 15) is 4.79 Å². The first-order valence-electron chi connectivity index (χ1n) is 6.33. The van der Waals surface area contributed by atoms with E-state index in [1.54, 1.807) is 49.4 Å². The summed E-state index contributed by atoms with van der Waals surface area (Å²) in [4.78, 5) is 12.0. The molecule has 112 valence electrons. The topological polar surface area (TPSA) is 59.3 Å². The Hall–Kier alpha value is -2.03. The fourth-order valence-electron chi connectivity index (χ4n) is 1.61. The largest absolute Gasteiger partial charge is 0.479 e. The van der Waals surface area contributed by atoms with Gasteiger partial charge in [0.2, 0.25) is 0 Å². The van der Waals surface area contributed by atoms with Crippen LogP contribution in [0.1, 0.15) is 12.5 Å². The van der Waals surface area contributed by atoms with Gasteiger partial charge in [0.05, 0.1) is 16.1 Å². The lowest BCUT2D eigenvalue weighted by Crippen LogP contribution is -2.28. The van der Waals surface area contributed by atoms with E-state index in [0.29, 0.717) is 26.6 Å². The zero-order chi connectivity index (χ0) is 16.1. The van der Waals surface area contributed by atoms with Gasteiger partial charge in [-0.05, 0) is 65.3 Å². The van der Waals surface area contributed by atoms with Crippen LogP contribution in [-0.2, 0) is 4.79 Å². The number of benzene rings is 2. The summed E-state index contributed by atoms with van der Waals surface area (Å²) >= 11 is 9.10. The van der Waals surface area contributed by atoms with Gasteiger partial charge in [-0.3, -0.25) is 0 Å². The molecule has 0 bridgehead atoms. The Bertz CT molecular complexity index is 725. The average molecular weight is 381 g/mol. The number of hydrogen-bond donors (Lipinski definition) is 0. The Morgan fingerprint density at radius 3 is 2.55 bits per heavy atom. The molecule has 2 aromatic carbocycles. The van der Waals surface area contributed by atoms with Crippen molar-refractivity contribution in [2.24, 2.45) is 0 Å². The molecule has 0 saturated heterocycles. The van der Waals surface area contributed by atoms with E-state index in [0.717, 1.165) is 0 Å². The molecule has 22 heavy (non-hydrogen) atoms. The first-order chi connectivity index (χ1) is 10.5. The number of halogens is 2. The van der Waals surface area contributed by atoms with E-state index >= 15 is 0 Å². The smallest absolute Gasteiger partial charge is 0.352 e. The van der Waals surface area contributed by atoms with Crippen LogP contribution in [0.3, 0.4) is 0 Å². The molecule has 0 radical (unpaired) electrons. The van der Waals surface area contributed by atoms with Crippen molar-refractivity contribution in [3.63, 3.8) is 0 Å². The summed E-state index contributed by atoms with van der Waals surface area (Å²) in [6.45, 7) is 1.59. The van der Waals surface area contributed by atoms with Gasteiger partial charge in [0, 0.05) is 5.02 Å². The summed E-state index contributed by atoms with van der Waals surface area (Å²) in [5.74, 6) is 0.315. The Labute approximate surface area is 141 Å². The molecule has 0 aromatic heterocycles. The maximum atomic E-state index is 12.0. The van der Waals surface area contributed by atoms with Gasteiger partial charge in [-0.15, -0.1) is 0 Å². The van der Waals surface area contributed by atoms with E-state index in [1.807, 2.05) is 6.07 Å². The second kappa shape index (κ2) is 7.30. The molecular formula is C16H11BrClNO3. The van der Waals surface area contributed by atoms with Crippen LogP contribution in [0.25, 0.3) is 0 Å². The van der Waals surface area contributed by atoms with Crippen molar-refractivity contribution in [1.29, 1.82) is 5.26 Å². The average Bonchev–Trinajstić information content (AvgIpc) is 2.50. The van der Waals surface area contributed by atoms with Gasteiger partial charge < -0.3 is 9.47 Å². The number of nitriles is 1. The molecule has 2 aromatic rings. The molecule has 0 heterocycles. The molecule has 2 rings (SSSR count). The van der Waals surface area contributed by atoms with Crippen LogP contribution < -0.4 is 9.47 Å². The first-order valence-corrected chi connectivity index (χ1v) is 7.50. The minimum absolute atomic E-state index is 0.365. The number of carbonyl (C=O) groups excluding carboxylic acids is 1. The van der Waals surface area contributed by atoms with E-state index in [-0.39, 0.29) is 0 Å². The molecule has 4 nitrogen and oxygen atoms in total. The highest BCUT2D eigenvalue weighted by molar-refractivity contribution is 9.10. The van der Waals surface area contributed by atoms with Gasteiger partial charge in [0.15, 0.2) is 6.10 Å². The first kappa shape index (κ1) is 16.3. The Balaban J connectivity index is 2.01. The van der Waals surface area contributed by atoms with Crippen LogP contribution in [0.5, 0.6) is 11.5 Å². The van der Waals surface area contributed by atoms with Crippen LogP contribution >= 0.6 is 27.5 Å². The highest BCUT2D eigenvalue weighted by Gasteiger charge is 2.18. The molecule has 0 aliphatic carbocycles. The summed E-state index contributed by atoms with van der Waals surface area (Å²) in [6.07, 6.45) is -0.796. The van der Waals surface area contributed by atoms with Crippen molar-refractivity contribution in [3.05, 3.63) is 57.5 Å². The summed E-state index contributed by atoms with van der Waals surface area (Å²) in [6, 6.07) is 13.3. The molecular weight excluding hydrogens is 370 g/mol. The molecule has 6 heteroatoms. The SMILES string of the molecule is CC(Oc1ccc(C#N)cc1)C(=O)Oc1ccc(Cl)cc1Br. The van der Waals surface area contributed by atoms with Gasteiger partial charge in [0.1, 0.15) is 11.5 Å². The lowest BCUT2D eigenvalue weighted by atomic mass is 10.2. The fraction of sp³-hybridized carbons (Fsp3) is 0.125. The van der Waals surface area contributed by atoms with E-state index in [1.165, 1.54) is 0 Å². The molecule has 1 atom stereocenters. The summed E-state index contributed by atoms with van der Waals surface area (Å²) in [7, 11) is 0. The molecule has 0 saturated carbocycles. The quantitative estimate of drug-likeness (QED) is 0.584. The molecule has 1 unspecified atom stereocenters. The van der Waals surface area contributed by atoms with Crippen LogP contribution in [0.4, 0.5) is 0 Å². The normalized spacial score (nSPS) is 11.4.